The molecule has 3 N–H and O–H groups in total. The Morgan fingerprint density at radius 3 is 2.86 bits per heavy atom. The minimum absolute atomic E-state index is 0.185. The van der Waals surface area contributed by atoms with Gasteiger partial charge in [0.15, 0.2) is 11.5 Å². The molecule has 1 fully saturated rings. The van der Waals surface area contributed by atoms with Crippen molar-refractivity contribution in [1.82, 2.24) is 15.5 Å². The summed E-state index contributed by atoms with van der Waals surface area (Å²) in [6.45, 7) is 9.60. The van der Waals surface area contributed by atoms with E-state index in [1.165, 1.54) is 0 Å². The zero-order valence-corrected chi connectivity index (χ0v) is 18.6. The predicted molar refractivity (Wildman–Crippen MR) is 116 cm³/mol. The molecule has 156 valence electrons. The number of ether oxygens (including phenoxy) is 2. The van der Waals surface area contributed by atoms with E-state index in [0.717, 1.165) is 43.7 Å². The van der Waals surface area contributed by atoms with Gasteiger partial charge in [0.05, 0.1) is 28.8 Å². The van der Waals surface area contributed by atoms with Gasteiger partial charge >= 0.3 is 0 Å². The molecule has 0 aromatic heterocycles. The lowest BCUT2D eigenvalue weighted by atomic mass is 9.93. The predicted octanol–water partition coefficient (Wildman–Crippen LogP) is 2.73. The van der Waals surface area contributed by atoms with Crippen LogP contribution in [0.2, 0.25) is 5.02 Å². The van der Waals surface area contributed by atoms with Crippen LogP contribution in [0.1, 0.15) is 18.4 Å². The van der Waals surface area contributed by atoms with Gasteiger partial charge in [-0.15, -0.1) is 0 Å². The molecule has 8 heteroatoms. The van der Waals surface area contributed by atoms with Gasteiger partial charge in [-0.3, -0.25) is 4.90 Å². The molecule has 6 nitrogen and oxygen atoms in total. The van der Waals surface area contributed by atoms with Gasteiger partial charge in [0.25, 0.3) is 0 Å². The van der Waals surface area contributed by atoms with Crippen LogP contribution in [0.3, 0.4) is 0 Å². The van der Waals surface area contributed by atoms with E-state index in [4.69, 9.17) is 21.1 Å². The van der Waals surface area contributed by atoms with E-state index >= 15 is 0 Å². The van der Waals surface area contributed by atoms with E-state index in [-0.39, 0.29) is 12.0 Å². The molecule has 0 amide bonds. The number of fused-ring (bicyclic) bond motifs is 1. The van der Waals surface area contributed by atoms with Crippen LogP contribution in [-0.4, -0.2) is 69.1 Å². The average molecular weight is 475 g/mol. The Labute approximate surface area is 180 Å². The minimum atomic E-state index is -0.351. The van der Waals surface area contributed by atoms with Crippen LogP contribution >= 0.6 is 27.5 Å². The van der Waals surface area contributed by atoms with Crippen LogP contribution < -0.4 is 20.1 Å². The van der Waals surface area contributed by atoms with Gasteiger partial charge in [-0.2, -0.15) is 0 Å². The van der Waals surface area contributed by atoms with E-state index in [1.54, 1.807) is 0 Å². The van der Waals surface area contributed by atoms with Crippen molar-refractivity contribution in [2.24, 2.45) is 5.92 Å². The fraction of sp³-hybridized carbons (Fsp3) is 0.600. The van der Waals surface area contributed by atoms with E-state index in [2.05, 4.69) is 38.0 Å². The Bertz CT molecular complexity index is 704. The molecule has 0 aliphatic carbocycles. The third-order valence-electron chi connectivity index (χ3n) is 5.30. The zero-order valence-electron chi connectivity index (χ0n) is 16.3. The molecule has 1 saturated heterocycles. The summed E-state index contributed by atoms with van der Waals surface area (Å²) in [6, 6.07) is 1.84. The fourth-order valence-corrected chi connectivity index (χ4v) is 4.20. The summed E-state index contributed by atoms with van der Waals surface area (Å²) in [7, 11) is 1.95. The Morgan fingerprint density at radius 1 is 1.39 bits per heavy atom. The van der Waals surface area contributed by atoms with Gasteiger partial charge < -0.3 is 25.2 Å². The summed E-state index contributed by atoms with van der Waals surface area (Å²) < 4.78 is 12.5. The molecular weight excluding hydrogens is 446 g/mol. The zero-order chi connectivity index (χ0) is 20.1. The van der Waals surface area contributed by atoms with Gasteiger partial charge in [-0.1, -0.05) is 18.2 Å². The summed E-state index contributed by atoms with van der Waals surface area (Å²) in [5.41, 5.74) is 1.52. The van der Waals surface area contributed by atoms with Crippen LogP contribution in [-0.2, 0) is 0 Å². The smallest absolute Gasteiger partial charge is 0.177 e. The Kier molecular flexibility index (Phi) is 7.88. The second kappa shape index (κ2) is 10.2. The normalized spacial score (nSPS) is 22.6. The van der Waals surface area contributed by atoms with E-state index in [9.17, 15) is 5.11 Å². The Morgan fingerprint density at radius 2 is 2.14 bits per heavy atom. The Hall–Kier alpha value is -0.990. The number of piperidine rings is 1. The number of benzene rings is 1. The highest BCUT2D eigenvalue weighted by Gasteiger charge is 2.28. The van der Waals surface area contributed by atoms with Gasteiger partial charge in [0.2, 0.25) is 0 Å². The van der Waals surface area contributed by atoms with Gasteiger partial charge in [0.1, 0.15) is 0 Å². The second-order valence-corrected chi connectivity index (χ2v) is 8.51. The lowest BCUT2D eigenvalue weighted by Crippen LogP contribution is -2.48. The molecule has 1 aromatic carbocycles. The molecule has 0 bridgehead atoms. The summed E-state index contributed by atoms with van der Waals surface area (Å²) in [4.78, 5) is 2.30. The quantitative estimate of drug-likeness (QED) is 0.565. The van der Waals surface area contributed by atoms with E-state index in [1.807, 2.05) is 13.1 Å². The van der Waals surface area contributed by atoms with E-state index in [0.29, 0.717) is 47.3 Å². The van der Waals surface area contributed by atoms with Crippen LogP contribution in [0.4, 0.5) is 0 Å². The first-order valence-electron chi connectivity index (χ1n) is 9.77. The summed E-state index contributed by atoms with van der Waals surface area (Å²) in [5.74, 6) is 1.47. The number of hydrogen-bond acceptors (Lipinski definition) is 6. The third-order valence-corrected chi connectivity index (χ3v) is 6.61. The monoisotopic (exact) mass is 473 g/mol. The van der Waals surface area contributed by atoms with Crippen molar-refractivity contribution < 1.29 is 14.6 Å². The first-order valence-corrected chi connectivity index (χ1v) is 10.9. The molecule has 28 heavy (non-hydrogen) atoms. The van der Waals surface area contributed by atoms with Crippen molar-refractivity contribution in [2.75, 3.05) is 53.0 Å². The number of likely N-dealkylation sites (N-methyl/N-ethyl adjacent to an activating group) is 1. The number of nitrogens with one attached hydrogen (secondary N) is 2. The third kappa shape index (κ3) is 5.13. The first-order chi connectivity index (χ1) is 13.5. The molecule has 3 rings (SSSR count). The highest BCUT2D eigenvalue weighted by molar-refractivity contribution is 9.10. The molecule has 2 heterocycles. The van der Waals surface area contributed by atoms with Crippen LogP contribution in [0.15, 0.2) is 17.1 Å². The van der Waals surface area contributed by atoms with Crippen LogP contribution in [0.5, 0.6) is 11.5 Å². The molecule has 2 aliphatic heterocycles. The molecular formula is C20H29BrClN3O3. The van der Waals surface area contributed by atoms with Gasteiger partial charge in [-0.25, -0.2) is 0 Å². The number of aliphatic hydroxyl groups excluding tert-OH is 1. The Balaban J connectivity index is 1.63. The van der Waals surface area contributed by atoms with Crippen molar-refractivity contribution in [3.63, 3.8) is 0 Å². The van der Waals surface area contributed by atoms with E-state index < -0.39 is 0 Å². The topological polar surface area (TPSA) is 66.0 Å². The highest BCUT2D eigenvalue weighted by atomic mass is 79.9. The molecule has 2 aliphatic rings. The number of hydrogen-bond donors (Lipinski definition) is 3. The molecule has 0 saturated carbocycles. The maximum absolute atomic E-state index is 10.5. The fourth-order valence-electron chi connectivity index (χ4n) is 3.60. The van der Waals surface area contributed by atoms with Crippen molar-refractivity contribution >= 4 is 33.2 Å². The number of likely N-dealkylation sites (tertiary alicyclic amines) is 1. The molecule has 0 radical (unpaired) electrons. The molecule has 1 unspecified atom stereocenters. The summed E-state index contributed by atoms with van der Waals surface area (Å²) in [6.07, 6.45) is 1.41. The van der Waals surface area contributed by atoms with Crippen molar-refractivity contribution in [2.45, 2.75) is 18.9 Å². The molecule has 0 spiro atoms. The lowest BCUT2D eigenvalue weighted by molar-refractivity contribution is 0.0242. The van der Waals surface area contributed by atoms with Gasteiger partial charge in [0, 0.05) is 49.8 Å². The van der Waals surface area contributed by atoms with Gasteiger partial charge in [-0.05, 0) is 42.0 Å². The first kappa shape index (κ1) is 21.7. The van der Waals surface area contributed by atoms with Crippen molar-refractivity contribution in [3.05, 3.63) is 27.7 Å². The lowest BCUT2D eigenvalue weighted by Gasteiger charge is -2.36. The van der Waals surface area contributed by atoms with Crippen LogP contribution in [0.25, 0.3) is 5.70 Å². The molecule has 2 atom stereocenters. The van der Waals surface area contributed by atoms with Crippen molar-refractivity contribution in [1.29, 1.82) is 0 Å². The van der Waals surface area contributed by atoms with Crippen molar-refractivity contribution in [3.8, 4) is 11.5 Å². The number of rotatable bonds is 7. The maximum atomic E-state index is 10.5. The standard InChI is InChI=1S/C20H29BrClN3O3/c1-13(24-11-14-4-6-25(7-5-23-2)12-17(14)26)15-10-16(22)18(21)20-19(15)27-8-3-9-28-20/h10,14,17,23-24,26H,1,3-9,11-12H2,2H3/t14-,17?/m0/s1. The number of aliphatic hydroxyl groups is 1. The summed E-state index contributed by atoms with van der Waals surface area (Å²) >= 11 is 9.86. The number of halogens is 2. The number of nitrogens with zero attached hydrogens (tertiary/aromatic N) is 1. The average Bonchev–Trinajstić information content (AvgIpc) is 2.94. The largest absolute Gasteiger partial charge is 0.489 e. The molecule has 1 aromatic rings. The second-order valence-electron chi connectivity index (χ2n) is 7.31. The number of β-amino-alcohol motifs (C(OH)–C–C–N with tert-alkyl or cyclic N) is 1. The highest BCUT2D eigenvalue weighted by Crippen LogP contribution is 2.45. The SMILES string of the molecule is C=C(NC[C@@H]1CCN(CCNC)CC1O)c1cc(Cl)c(Br)c2c1OCCCO2. The minimum Gasteiger partial charge on any atom is -0.489 e. The summed E-state index contributed by atoms with van der Waals surface area (Å²) in [5, 5.41) is 17.6. The van der Waals surface area contributed by atoms with Crippen LogP contribution in [0, 0.1) is 5.92 Å². The maximum Gasteiger partial charge on any atom is 0.177 e.